The van der Waals surface area contributed by atoms with Crippen molar-refractivity contribution in [1.82, 2.24) is 0 Å². The maximum Gasteiger partial charge on any atom is 0.0992 e. The third-order valence-corrected chi connectivity index (χ3v) is 4.01. The molecule has 4 heteroatoms. The normalized spacial score (nSPS) is 10.3. The van der Waals surface area contributed by atoms with E-state index in [2.05, 4.69) is 33.4 Å². The Morgan fingerprint density at radius 3 is 2.48 bits per heavy atom. The summed E-state index contributed by atoms with van der Waals surface area (Å²) in [7, 11) is 0. The fourth-order valence-corrected chi connectivity index (χ4v) is 2.73. The molecule has 0 aliphatic heterocycles. The molecular weight excluding hydrogens is 326 g/mol. The van der Waals surface area contributed by atoms with Gasteiger partial charge in [-0.2, -0.15) is 5.26 Å². The molecule has 0 amide bonds. The van der Waals surface area contributed by atoms with Crippen LogP contribution in [-0.2, 0) is 0 Å². The first-order valence-electron chi connectivity index (χ1n) is 6.43. The highest BCUT2D eigenvalue weighted by molar-refractivity contribution is 9.10. The van der Waals surface area contributed by atoms with E-state index in [4.69, 9.17) is 11.0 Å². The van der Waals surface area contributed by atoms with Gasteiger partial charge in [0.05, 0.1) is 23.0 Å². The zero-order valence-corrected chi connectivity index (χ0v) is 12.7. The summed E-state index contributed by atoms with van der Waals surface area (Å²) in [5.74, 6) is 0. The fourth-order valence-electron chi connectivity index (χ4n) is 2.25. The summed E-state index contributed by atoms with van der Waals surface area (Å²) >= 11 is 3.56. The molecule has 0 heterocycles. The number of nitrogens with zero attached hydrogens (tertiary/aromatic N) is 1. The van der Waals surface area contributed by atoms with Crippen LogP contribution in [0.2, 0.25) is 0 Å². The summed E-state index contributed by atoms with van der Waals surface area (Å²) in [6.07, 6.45) is 0. The summed E-state index contributed by atoms with van der Waals surface area (Å²) < 4.78 is 1.04. The molecule has 0 aliphatic carbocycles. The van der Waals surface area contributed by atoms with Crippen LogP contribution in [-0.4, -0.2) is 0 Å². The molecule has 3 rings (SSSR count). The molecule has 0 saturated carbocycles. The minimum atomic E-state index is 0.577. The average molecular weight is 338 g/mol. The van der Waals surface area contributed by atoms with Gasteiger partial charge in [-0.05, 0) is 35.7 Å². The van der Waals surface area contributed by atoms with Crippen LogP contribution in [0.5, 0.6) is 0 Å². The van der Waals surface area contributed by atoms with Crippen LogP contribution in [0.4, 0.5) is 17.1 Å². The Morgan fingerprint density at radius 2 is 1.71 bits per heavy atom. The van der Waals surface area contributed by atoms with Gasteiger partial charge in [-0.25, -0.2) is 0 Å². The van der Waals surface area contributed by atoms with Gasteiger partial charge in [-0.15, -0.1) is 0 Å². The predicted octanol–water partition coefficient (Wildman–Crippen LogP) is 4.80. The Balaban J connectivity index is 2.11. The van der Waals surface area contributed by atoms with Gasteiger partial charge in [0.15, 0.2) is 0 Å². The van der Waals surface area contributed by atoms with E-state index in [-0.39, 0.29) is 0 Å². The van der Waals surface area contributed by atoms with Gasteiger partial charge in [-0.3, -0.25) is 0 Å². The van der Waals surface area contributed by atoms with Crippen LogP contribution in [0.3, 0.4) is 0 Å². The Hall–Kier alpha value is -2.51. The molecule has 21 heavy (non-hydrogen) atoms. The second-order valence-corrected chi connectivity index (χ2v) is 5.53. The van der Waals surface area contributed by atoms with Crippen molar-refractivity contribution in [3.05, 3.63) is 64.6 Å². The second-order valence-electron chi connectivity index (χ2n) is 4.68. The number of nitriles is 1. The van der Waals surface area contributed by atoms with Crippen molar-refractivity contribution < 1.29 is 0 Å². The maximum absolute atomic E-state index is 9.00. The Labute approximate surface area is 131 Å². The Bertz CT molecular complexity index is 866. The van der Waals surface area contributed by atoms with Gasteiger partial charge in [0, 0.05) is 15.5 Å². The molecule has 3 aromatic carbocycles. The molecule has 0 fully saturated rings. The number of benzene rings is 3. The van der Waals surface area contributed by atoms with Crippen LogP contribution in [0.15, 0.2) is 59.1 Å². The van der Waals surface area contributed by atoms with E-state index in [1.54, 1.807) is 18.2 Å². The lowest BCUT2D eigenvalue weighted by Gasteiger charge is -2.13. The minimum absolute atomic E-state index is 0.577. The van der Waals surface area contributed by atoms with Crippen LogP contribution >= 0.6 is 15.9 Å². The maximum atomic E-state index is 9.00. The van der Waals surface area contributed by atoms with Crippen LogP contribution in [0.1, 0.15) is 5.56 Å². The van der Waals surface area contributed by atoms with Gasteiger partial charge in [-0.1, -0.05) is 40.2 Å². The quantitative estimate of drug-likeness (QED) is 0.660. The SMILES string of the molecule is N#Cc1ccc(N)c(Nc2ccc(Br)c3ccccc23)c1. The van der Waals surface area contributed by atoms with Gasteiger partial charge in [0.1, 0.15) is 0 Å². The van der Waals surface area contributed by atoms with E-state index in [9.17, 15) is 0 Å². The molecule has 0 spiro atoms. The Morgan fingerprint density at radius 1 is 0.952 bits per heavy atom. The molecule has 0 radical (unpaired) electrons. The number of anilines is 3. The lowest BCUT2D eigenvalue weighted by Crippen LogP contribution is -1.97. The zero-order chi connectivity index (χ0) is 14.8. The molecule has 0 aliphatic rings. The third kappa shape index (κ3) is 2.56. The predicted molar refractivity (Wildman–Crippen MR) is 90.5 cm³/mol. The fraction of sp³-hybridized carbons (Fsp3) is 0. The lowest BCUT2D eigenvalue weighted by atomic mass is 10.1. The first-order chi connectivity index (χ1) is 10.2. The highest BCUT2D eigenvalue weighted by Crippen LogP contribution is 2.33. The first kappa shape index (κ1) is 13.5. The molecule has 3 nitrogen and oxygen atoms in total. The van der Waals surface area contributed by atoms with Crippen molar-refractivity contribution in [2.24, 2.45) is 0 Å². The van der Waals surface area contributed by atoms with E-state index < -0.39 is 0 Å². The average Bonchev–Trinajstić information content (AvgIpc) is 2.52. The number of nitrogen functional groups attached to an aromatic ring is 1. The van der Waals surface area contributed by atoms with Crippen LogP contribution in [0.25, 0.3) is 10.8 Å². The molecule has 3 aromatic rings. The topological polar surface area (TPSA) is 61.8 Å². The van der Waals surface area contributed by atoms with E-state index in [1.807, 2.05) is 30.3 Å². The number of fused-ring (bicyclic) bond motifs is 1. The van der Waals surface area contributed by atoms with Crippen molar-refractivity contribution in [3.63, 3.8) is 0 Å². The van der Waals surface area contributed by atoms with Crippen molar-refractivity contribution in [2.75, 3.05) is 11.1 Å². The molecule has 0 saturated heterocycles. The zero-order valence-electron chi connectivity index (χ0n) is 11.1. The summed E-state index contributed by atoms with van der Waals surface area (Å²) in [6, 6.07) is 19.4. The Kier molecular flexibility index (Phi) is 3.51. The molecule has 3 N–H and O–H groups in total. The molecule has 0 bridgehead atoms. The van der Waals surface area contributed by atoms with Gasteiger partial charge >= 0.3 is 0 Å². The summed E-state index contributed by atoms with van der Waals surface area (Å²) in [5.41, 5.74) is 8.87. The van der Waals surface area contributed by atoms with Crippen molar-refractivity contribution in [3.8, 4) is 6.07 Å². The monoisotopic (exact) mass is 337 g/mol. The highest BCUT2D eigenvalue weighted by Gasteiger charge is 2.06. The van der Waals surface area contributed by atoms with E-state index >= 15 is 0 Å². The minimum Gasteiger partial charge on any atom is -0.397 e. The summed E-state index contributed by atoms with van der Waals surface area (Å²) in [5, 5.41) is 14.5. The number of rotatable bonds is 2. The van der Waals surface area contributed by atoms with Crippen LogP contribution in [0, 0.1) is 11.3 Å². The van der Waals surface area contributed by atoms with Gasteiger partial charge < -0.3 is 11.1 Å². The lowest BCUT2D eigenvalue weighted by molar-refractivity contribution is 1.47. The molecular formula is C17H12BrN3. The molecule has 0 atom stereocenters. The van der Waals surface area contributed by atoms with Crippen molar-refractivity contribution >= 4 is 43.8 Å². The van der Waals surface area contributed by atoms with Crippen LogP contribution < -0.4 is 11.1 Å². The first-order valence-corrected chi connectivity index (χ1v) is 7.22. The summed E-state index contributed by atoms with van der Waals surface area (Å²) in [4.78, 5) is 0. The van der Waals surface area contributed by atoms with Crippen molar-refractivity contribution in [1.29, 1.82) is 5.26 Å². The van der Waals surface area contributed by atoms with Crippen molar-refractivity contribution in [2.45, 2.75) is 0 Å². The van der Waals surface area contributed by atoms with E-state index in [0.717, 1.165) is 26.6 Å². The van der Waals surface area contributed by atoms with E-state index in [1.165, 1.54) is 0 Å². The number of halogens is 1. The highest BCUT2D eigenvalue weighted by atomic mass is 79.9. The van der Waals surface area contributed by atoms with Gasteiger partial charge in [0.2, 0.25) is 0 Å². The smallest absolute Gasteiger partial charge is 0.0992 e. The molecule has 0 unspecified atom stereocenters. The second kappa shape index (κ2) is 5.47. The molecule has 102 valence electrons. The summed E-state index contributed by atoms with van der Waals surface area (Å²) in [6.45, 7) is 0. The molecule has 0 aromatic heterocycles. The number of nitrogens with one attached hydrogen (secondary N) is 1. The largest absolute Gasteiger partial charge is 0.397 e. The number of hydrogen-bond donors (Lipinski definition) is 2. The standard InChI is InChI=1S/C17H12BrN3/c18-14-6-8-16(13-4-2-1-3-12(13)14)21-17-9-11(10-19)5-7-15(17)20/h1-9,21H,20H2. The number of hydrogen-bond acceptors (Lipinski definition) is 3. The third-order valence-electron chi connectivity index (χ3n) is 3.32. The van der Waals surface area contributed by atoms with E-state index in [0.29, 0.717) is 11.3 Å². The number of nitrogens with two attached hydrogens (primary N) is 1. The van der Waals surface area contributed by atoms with Gasteiger partial charge in [0.25, 0.3) is 0 Å².